The average Bonchev–Trinajstić information content (AvgIpc) is 3.10. The van der Waals surface area contributed by atoms with Gasteiger partial charge in [-0.3, -0.25) is 0 Å². The summed E-state index contributed by atoms with van der Waals surface area (Å²) in [7, 11) is 5.69. The van der Waals surface area contributed by atoms with Crippen molar-refractivity contribution in [1.82, 2.24) is 4.90 Å². The largest absolute Gasteiger partial charge is 0.497 e. The van der Waals surface area contributed by atoms with Gasteiger partial charge in [0.2, 0.25) is 0 Å². The molecule has 2 unspecified atom stereocenters. The first-order valence-corrected chi connectivity index (χ1v) is 8.27. The van der Waals surface area contributed by atoms with Gasteiger partial charge in [0.05, 0.1) is 19.9 Å². The Morgan fingerprint density at radius 1 is 0.840 bits per heavy atom. The van der Waals surface area contributed by atoms with Gasteiger partial charge in [0.25, 0.3) is 0 Å². The predicted octanol–water partition coefficient (Wildman–Crippen LogP) is 3.70. The van der Waals surface area contributed by atoms with Crippen LogP contribution < -0.4 is 14.4 Å². The van der Waals surface area contributed by atoms with E-state index in [1.165, 1.54) is 24.2 Å². The second kappa shape index (κ2) is 7.90. The lowest BCUT2D eigenvalue weighted by atomic mass is 10.0. The number of rotatable bonds is 3. The molecule has 0 amide bonds. The molecular formula is C19H26Cl2N2O2. The normalized spacial score (nSPS) is 22.3. The molecule has 2 saturated heterocycles. The molecule has 0 bridgehead atoms. The van der Waals surface area contributed by atoms with Crippen molar-refractivity contribution < 1.29 is 9.47 Å². The topological polar surface area (TPSA) is 24.9 Å². The Morgan fingerprint density at radius 2 is 1.52 bits per heavy atom. The second-order valence-corrected chi connectivity index (χ2v) is 6.88. The van der Waals surface area contributed by atoms with Crippen LogP contribution in [0.15, 0.2) is 30.3 Å². The maximum atomic E-state index is 5.69. The zero-order chi connectivity index (χ0) is 16.0. The number of likely N-dealkylation sites (tertiary alicyclic amines) is 1. The van der Waals surface area contributed by atoms with Gasteiger partial charge in [0.15, 0.2) is 0 Å². The fourth-order valence-electron chi connectivity index (χ4n) is 4.20. The van der Waals surface area contributed by atoms with Crippen LogP contribution in [0.4, 0.5) is 5.69 Å². The minimum Gasteiger partial charge on any atom is -0.497 e. The first-order valence-electron chi connectivity index (χ1n) is 8.27. The fraction of sp³-hybridized carbons (Fsp3) is 0.474. The summed E-state index contributed by atoms with van der Waals surface area (Å²) in [6, 6.07) is 10.6. The summed E-state index contributed by atoms with van der Waals surface area (Å²) in [6.07, 6.45) is 0. The average molecular weight is 385 g/mol. The van der Waals surface area contributed by atoms with E-state index in [1.807, 2.05) is 6.07 Å². The van der Waals surface area contributed by atoms with Crippen LogP contribution in [-0.4, -0.2) is 52.3 Å². The summed E-state index contributed by atoms with van der Waals surface area (Å²) < 4.78 is 11.0. The maximum absolute atomic E-state index is 5.69. The van der Waals surface area contributed by atoms with E-state index >= 15 is 0 Å². The maximum Gasteiger partial charge on any atom is 0.142 e. The Morgan fingerprint density at radius 3 is 2.12 bits per heavy atom. The number of benzene rings is 2. The van der Waals surface area contributed by atoms with E-state index in [4.69, 9.17) is 9.47 Å². The van der Waals surface area contributed by atoms with Crippen molar-refractivity contribution >= 4 is 41.3 Å². The molecule has 2 fully saturated rings. The van der Waals surface area contributed by atoms with Crippen LogP contribution in [0.2, 0.25) is 0 Å². The van der Waals surface area contributed by atoms with E-state index in [2.05, 4.69) is 41.1 Å². The highest BCUT2D eigenvalue weighted by Crippen LogP contribution is 2.40. The molecule has 25 heavy (non-hydrogen) atoms. The Bertz CT molecular complexity index is 727. The number of hydrogen-bond acceptors (Lipinski definition) is 4. The molecule has 138 valence electrons. The van der Waals surface area contributed by atoms with E-state index < -0.39 is 0 Å². The minimum atomic E-state index is 0. The van der Waals surface area contributed by atoms with E-state index in [0.717, 1.165) is 41.8 Å². The number of hydrogen-bond donors (Lipinski definition) is 0. The Kier molecular flexibility index (Phi) is 6.30. The highest BCUT2D eigenvalue weighted by Gasteiger charge is 2.39. The highest BCUT2D eigenvalue weighted by molar-refractivity contribution is 5.90. The molecule has 0 spiro atoms. The van der Waals surface area contributed by atoms with Gasteiger partial charge < -0.3 is 19.3 Å². The van der Waals surface area contributed by atoms with Crippen molar-refractivity contribution in [3.05, 3.63) is 30.3 Å². The second-order valence-electron chi connectivity index (χ2n) is 6.88. The molecule has 2 heterocycles. The number of fused-ring (bicyclic) bond motifs is 2. The van der Waals surface area contributed by atoms with Gasteiger partial charge in [-0.25, -0.2) is 0 Å². The molecule has 6 heteroatoms. The first kappa shape index (κ1) is 20.0. The van der Waals surface area contributed by atoms with Crippen molar-refractivity contribution in [1.29, 1.82) is 0 Å². The number of methoxy groups -OCH3 is 2. The van der Waals surface area contributed by atoms with Gasteiger partial charge in [0.1, 0.15) is 11.5 Å². The van der Waals surface area contributed by atoms with Gasteiger partial charge in [-0.2, -0.15) is 0 Å². The Labute approximate surface area is 161 Å². The van der Waals surface area contributed by atoms with Crippen LogP contribution in [0.25, 0.3) is 10.8 Å². The SMILES string of the molecule is COc1ccc2cc(N3CC4CN(C)CC4C3)c(OC)cc2c1.Cl.Cl. The van der Waals surface area contributed by atoms with Crippen LogP contribution >= 0.6 is 24.8 Å². The van der Waals surface area contributed by atoms with E-state index in [9.17, 15) is 0 Å². The van der Waals surface area contributed by atoms with Crippen LogP contribution in [0.3, 0.4) is 0 Å². The summed E-state index contributed by atoms with van der Waals surface area (Å²) in [5.74, 6) is 3.41. The monoisotopic (exact) mass is 384 g/mol. The smallest absolute Gasteiger partial charge is 0.142 e. The fourth-order valence-corrected chi connectivity index (χ4v) is 4.20. The third kappa shape index (κ3) is 3.62. The molecule has 2 aliphatic rings. The zero-order valence-electron chi connectivity index (χ0n) is 14.9. The van der Waals surface area contributed by atoms with Gasteiger partial charge >= 0.3 is 0 Å². The van der Waals surface area contributed by atoms with Crippen molar-refractivity contribution in [3.8, 4) is 11.5 Å². The standard InChI is InChI=1S/C19H24N2O2.2ClH/c1-20-9-15-11-21(12-16(15)10-20)18-7-13-4-5-17(22-2)6-14(13)8-19(18)23-3;;/h4-8,15-16H,9-12H2,1-3H3;2*1H. The van der Waals surface area contributed by atoms with Crippen LogP contribution in [0.5, 0.6) is 11.5 Å². The third-order valence-electron chi connectivity index (χ3n) is 5.35. The van der Waals surface area contributed by atoms with E-state index in [1.54, 1.807) is 14.2 Å². The lowest BCUT2D eigenvalue weighted by Crippen LogP contribution is -2.26. The molecule has 0 saturated carbocycles. The summed E-state index contributed by atoms with van der Waals surface area (Å²) in [5.41, 5.74) is 1.22. The summed E-state index contributed by atoms with van der Waals surface area (Å²) in [6.45, 7) is 4.70. The predicted molar refractivity (Wildman–Crippen MR) is 108 cm³/mol. The molecular weight excluding hydrogens is 359 g/mol. The minimum absolute atomic E-state index is 0. The molecule has 2 aromatic carbocycles. The van der Waals surface area contributed by atoms with Gasteiger partial charge in [-0.15, -0.1) is 24.8 Å². The lowest BCUT2D eigenvalue weighted by Gasteiger charge is -2.24. The summed E-state index contributed by atoms with van der Waals surface area (Å²) >= 11 is 0. The van der Waals surface area contributed by atoms with Crippen molar-refractivity contribution in [2.45, 2.75) is 0 Å². The van der Waals surface area contributed by atoms with E-state index in [-0.39, 0.29) is 24.8 Å². The van der Waals surface area contributed by atoms with E-state index in [0.29, 0.717) is 0 Å². The molecule has 2 aliphatic heterocycles. The van der Waals surface area contributed by atoms with Gasteiger partial charge in [0, 0.05) is 26.2 Å². The van der Waals surface area contributed by atoms with Crippen molar-refractivity contribution in [3.63, 3.8) is 0 Å². The van der Waals surface area contributed by atoms with Crippen molar-refractivity contribution in [2.24, 2.45) is 11.8 Å². The molecule has 0 N–H and O–H groups in total. The van der Waals surface area contributed by atoms with Gasteiger partial charge in [-0.1, -0.05) is 6.07 Å². The summed E-state index contributed by atoms with van der Waals surface area (Å²) in [5, 5.41) is 2.39. The number of nitrogens with zero attached hydrogens (tertiary/aromatic N) is 2. The lowest BCUT2D eigenvalue weighted by molar-refractivity contribution is 0.385. The number of ether oxygens (including phenoxy) is 2. The quantitative estimate of drug-likeness (QED) is 0.805. The molecule has 2 atom stereocenters. The summed E-state index contributed by atoms with van der Waals surface area (Å²) in [4.78, 5) is 4.96. The molecule has 0 aliphatic carbocycles. The van der Waals surface area contributed by atoms with Crippen LogP contribution in [0.1, 0.15) is 0 Å². The van der Waals surface area contributed by atoms with Crippen LogP contribution in [-0.2, 0) is 0 Å². The Balaban J connectivity index is 0.00000113. The molecule has 0 radical (unpaired) electrons. The zero-order valence-corrected chi connectivity index (χ0v) is 16.5. The van der Waals surface area contributed by atoms with Crippen molar-refractivity contribution in [2.75, 3.05) is 52.3 Å². The highest BCUT2D eigenvalue weighted by atomic mass is 35.5. The molecule has 4 nitrogen and oxygen atoms in total. The Hall–Kier alpha value is -1.36. The number of halogens is 2. The van der Waals surface area contributed by atoms with Gasteiger partial charge in [-0.05, 0) is 53.9 Å². The molecule has 0 aromatic heterocycles. The third-order valence-corrected chi connectivity index (χ3v) is 5.35. The first-order chi connectivity index (χ1) is 11.2. The molecule has 2 aromatic rings. The van der Waals surface area contributed by atoms with Crippen LogP contribution in [0, 0.1) is 11.8 Å². The number of anilines is 1. The molecule has 4 rings (SSSR count).